The third-order valence-electron chi connectivity index (χ3n) is 3.11. The van der Waals surface area contributed by atoms with E-state index in [-0.39, 0.29) is 0 Å². The quantitative estimate of drug-likeness (QED) is 0.205. The zero-order valence-corrected chi connectivity index (χ0v) is 13.5. The second-order valence-corrected chi connectivity index (χ2v) is 13.7. The Kier molecular flexibility index (Phi) is 7.03. The minimum atomic E-state index is -2.47. The van der Waals surface area contributed by atoms with Gasteiger partial charge in [-0.2, -0.15) is 0 Å². The van der Waals surface area contributed by atoms with Gasteiger partial charge in [0.2, 0.25) is 0 Å². The van der Waals surface area contributed by atoms with Crippen LogP contribution in [0.3, 0.4) is 0 Å². The van der Waals surface area contributed by atoms with Crippen LogP contribution in [-0.4, -0.2) is 6.00 Å². The molecule has 0 aliphatic heterocycles. The topological polar surface area (TPSA) is 0 Å². The smallest absolute Gasteiger partial charge is 0.126 e. The van der Waals surface area contributed by atoms with Crippen LogP contribution in [-0.2, 0) is 0 Å². The molecular formula is C13H19Cl3Si. The van der Waals surface area contributed by atoms with Crippen molar-refractivity contribution in [2.75, 3.05) is 0 Å². The first kappa shape index (κ1) is 15.4. The van der Waals surface area contributed by atoms with Gasteiger partial charge in [0.15, 0.2) is 0 Å². The average molecular weight is 310 g/mol. The molecule has 0 saturated heterocycles. The first-order valence-corrected chi connectivity index (χ1v) is 11.4. The van der Waals surface area contributed by atoms with Crippen LogP contribution in [0.15, 0.2) is 11.6 Å². The van der Waals surface area contributed by atoms with E-state index in [1.54, 1.807) is 0 Å². The van der Waals surface area contributed by atoms with E-state index in [1.165, 1.54) is 24.8 Å². The third-order valence-corrected chi connectivity index (χ3v) is 5.45. The monoisotopic (exact) mass is 308 g/mol. The van der Waals surface area contributed by atoms with Crippen molar-refractivity contribution >= 4 is 39.2 Å². The number of allylic oxidation sites excluding steroid dienone is 2. The number of halogens is 3. The lowest BCUT2D eigenvalue weighted by Gasteiger charge is -2.16. The number of hydrogen-bond acceptors (Lipinski definition) is 0. The molecule has 0 heterocycles. The summed E-state index contributed by atoms with van der Waals surface area (Å²) < 4.78 is 0. The Labute approximate surface area is 120 Å². The molecule has 0 nitrogen and oxygen atoms in total. The molecule has 0 bridgehead atoms. The molecule has 96 valence electrons. The molecule has 1 fully saturated rings. The molecule has 0 aromatic heterocycles. The third kappa shape index (κ3) is 6.77. The fourth-order valence-electron chi connectivity index (χ4n) is 2.33. The van der Waals surface area contributed by atoms with Crippen molar-refractivity contribution in [2.24, 2.45) is 5.92 Å². The largest absolute Gasteiger partial charge is 0.342 e. The zero-order chi connectivity index (χ0) is 12.7. The maximum atomic E-state index is 6.01. The van der Waals surface area contributed by atoms with E-state index in [9.17, 15) is 0 Å². The van der Waals surface area contributed by atoms with Gasteiger partial charge in [0.05, 0.1) is 0 Å². The first-order chi connectivity index (χ1) is 8.03. The Hall–Kier alpha value is 0.387. The molecule has 0 aromatic carbocycles. The Bertz CT molecular complexity index is 320. The van der Waals surface area contributed by atoms with Crippen LogP contribution in [0, 0.1) is 17.8 Å². The van der Waals surface area contributed by atoms with Gasteiger partial charge >= 0.3 is 6.00 Å². The molecule has 1 aliphatic carbocycles. The highest BCUT2D eigenvalue weighted by molar-refractivity contribution is 7.64. The molecule has 0 spiro atoms. The minimum Gasteiger partial charge on any atom is -0.126 e. The van der Waals surface area contributed by atoms with E-state index in [1.807, 2.05) is 6.92 Å². The van der Waals surface area contributed by atoms with Gasteiger partial charge in [-0.25, -0.2) is 0 Å². The summed E-state index contributed by atoms with van der Waals surface area (Å²) in [6.45, 7) is 1.89. The normalized spacial score (nSPS) is 22.6. The Morgan fingerprint density at radius 1 is 1.41 bits per heavy atom. The van der Waals surface area contributed by atoms with Gasteiger partial charge < -0.3 is 0 Å². The molecule has 1 rings (SSSR count). The van der Waals surface area contributed by atoms with Gasteiger partial charge in [0.1, 0.15) is 0 Å². The van der Waals surface area contributed by atoms with Crippen molar-refractivity contribution in [1.82, 2.24) is 0 Å². The van der Waals surface area contributed by atoms with Crippen LogP contribution in [0.25, 0.3) is 0 Å². The van der Waals surface area contributed by atoms with Crippen LogP contribution < -0.4 is 0 Å². The van der Waals surface area contributed by atoms with Crippen LogP contribution in [0.1, 0.15) is 45.4 Å². The van der Waals surface area contributed by atoms with Crippen molar-refractivity contribution < 1.29 is 0 Å². The SMILES string of the molecule is CC#CCCC/C=C1/CCCC1C[Si](Cl)(Cl)Cl. The summed E-state index contributed by atoms with van der Waals surface area (Å²) in [5, 5.41) is 0. The number of hydrogen-bond donors (Lipinski definition) is 0. The van der Waals surface area contributed by atoms with Crippen LogP contribution in [0.2, 0.25) is 6.04 Å². The number of rotatable bonds is 5. The molecule has 17 heavy (non-hydrogen) atoms. The summed E-state index contributed by atoms with van der Waals surface area (Å²) in [5.74, 6) is 6.54. The Balaban J connectivity index is 2.39. The predicted molar refractivity (Wildman–Crippen MR) is 80.8 cm³/mol. The minimum absolute atomic E-state index is 0.534. The first-order valence-electron chi connectivity index (χ1n) is 6.18. The lowest BCUT2D eigenvalue weighted by Crippen LogP contribution is -2.15. The van der Waals surface area contributed by atoms with Crippen LogP contribution in [0.4, 0.5) is 0 Å². The van der Waals surface area contributed by atoms with Crippen LogP contribution >= 0.6 is 33.2 Å². The second-order valence-electron chi connectivity index (χ2n) is 4.51. The molecule has 1 aliphatic rings. The molecule has 0 aromatic rings. The van der Waals surface area contributed by atoms with Crippen molar-refractivity contribution in [3.63, 3.8) is 0 Å². The molecule has 0 amide bonds. The van der Waals surface area contributed by atoms with Crippen molar-refractivity contribution in [3.8, 4) is 11.8 Å². The lowest BCUT2D eigenvalue weighted by molar-refractivity contribution is 0.687. The standard InChI is InChI=1S/C13H19Cl3Si/c1-2-3-4-5-6-8-12-9-7-10-13(12)11-17(14,15)16/h8,13H,4-7,9-11H2,1H3/b12-8-. The molecular weight excluding hydrogens is 291 g/mol. The fourth-order valence-corrected chi connectivity index (χ4v) is 5.03. The van der Waals surface area contributed by atoms with E-state index in [2.05, 4.69) is 17.9 Å². The van der Waals surface area contributed by atoms with Gasteiger partial charge in [-0.3, -0.25) is 0 Å². The summed E-state index contributed by atoms with van der Waals surface area (Å²) in [5.41, 5.74) is 1.52. The molecule has 4 heteroatoms. The Morgan fingerprint density at radius 2 is 2.18 bits per heavy atom. The van der Waals surface area contributed by atoms with Gasteiger partial charge in [-0.05, 0) is 51.0 Å². The van der Waals surface area contributed by atoms with E-state index in [4.69, 9.17) is 33.2 Å². The van der Waals surface area contributed by atoms with Crippen molar-refractivity contribution in [1.29, 1.82) is 0 Å². The summed E-state index contributed by atoms with van der Waals surface area (Å²) in [4.78, 5) is 0. The molecule has 0 radical (unpaired) electrons. The zero-order valence-electron chi connectivity index (χ0n) is 10.2. The molecule has 1 atom stereocenters. The average Bonchev–Trinajstić information content (AvgIpc) is 2.63. The molecule has 1 unspecified atom stereocenters. The Morgan fingerprint density at radius 3 is 2.82 bits per heavy atom. The van der Waals surface area contributed by atoms with Gasteiger partial charge in [-0.1, -0.05) is 11.6 Å². The second kappa shape index (κ2) is 7.74. The highest BCUT2D eigenvalue weighted by Crippen LogP contribution is 2.40. The van der Waals surface area contributed by atoms with Gasteiger partial charge in [-0.15, -0.1) is 45.1 Å². The summed E-state index contributed by atoms with van der Waals surface area (Å²) in [6, 6.07) is -1.68. The van der Waals surface area contributed by atoms with Crippen LogP contribution in [0.5, 0.6) is 0 Å². The lowest BCUT2D eigenvalue weighted by atomic mass is 10.0. The molecule has 1 saturated carbocycles. The fraction of sp³-hybridized carbons (Fsp3) is 0.692. The summed E-state index contributed by atoms with van der Waals surface area (Å²) >= 11 is 18.0. The van der Waals surface area contributed by atoms with Crippen molar-refractivity contribution in [3.05, 3.63) is 11.6 Å². The van der Waals surface area contributed by atoms with E-state index in [0.29, 0.717) is 5.92 Å². The number of unbranched alkanes of at least 4 members (excludes halogenated alkanes) is 2. The maximum Gasteiger partial charge on any atom is 0.342 e. The van der Waals surface area contributed by atoms with E-state index >= 15 is 0 Å². The van der Waals surface area contributed by atoms with Crippen molar-refractivity contribution in [2.45, 2.75) is 51.5 Å². The van der Waals surface area contributed by atoms with E-state index in [0.717, 1.165) is 25.3 Å². The van der Waals surface area contributed by atoms with Gasteiger partial charge in [0, 0.05) is 6.42 Å². The summed E-state index contributed by atoms with van der Waals surface area (Å²) in [6.07, 6.45) is 9.25. The predicted octanol–water partition coefficient (Wildman–Crippen LogP) is 5.56. The maximum absolute atomic E-state index is 6.01. The molecule has 0 N–H and O–H groups in total. The highest BCUT2D eigenvalue weighted by Gasteiger charge is 2.33. The summed E-state index contributed by atoms with van der Waals surface area (Å²) in [7, 11) is 0. The highest BCUT2D eigenvalue weighted by atomic mass is 35.8. The van der Waals surface area contributed by atoms with Gasteiger partial charge in [0.25, 0.3) is 0 Å². The van der Waals surface area contributed by atoms with E-state index < -0.39 is 6.00 Å².